The second kappa shape index (κ2) is 8.61. The molecular formula is C6H8ClFN2Na2O7S2. The molecule has 21 heavy (non-hydrogen) atoms. The van der Waals surface area contributed by atoms with Crippen molar-refractivity contribution in [1.29, 1.82) is 0 Å². The summed E-state index contributed by atoms with van der Waals surface area (Å²) in [7, 11) is -10.5. The Labute approximate surface area is 171 Å². The normalized spacial score (nSPS) is 11.2. The number of halogens is 2. The van der Waals surface area contributed by atoms with Crippen molar-refractivity contribution in [2.75, 3.05) is 4.41 Å². The average Bonchev–Trinajstić information content (AvgIpc) is 2.17. The molecule has 0 aliphatic carbocycles. The molecule has 1 aromatic rings. The smallest absolute Gasteiger partial charge is 1.00 e. The Balaban J connectivity index is -0.000000451. The number of hydrogen-bond acceptors (Lipinski definition) is 5. The summed E-state index contributed by atoms with van der Waals surface area (Å²) in [6, 6.07) is 0.889. The van der Waals surface area contributed by atoms with Crippen LogP contribution >= 0.6 is 11.6 Å². The van der Waals surface area contributed by atoms with E-state index in [2.05, 4.69) is 0 Å². The van der Waals surface area contributed by atoms with E-state index in [4.69, 9.17) is 20.7 Å². The molecule has 0 atom stereocenters. The summed E-state index contributed by atoms with van der Waals surface area (Å²) in [5, 5.41) is 8.71. The van der Waals surface area contributed by atoms with Crippen molar-refractivity contribution in [1.82, 2.24) is 4.83 Å². The topological polar surface area (TPSA) is 144 Å². The Morgan fingerprint density at radius 1 is 1.19 bits per heavy atom. The maximum atomic E-state index is 13.5. The van der Waals surface area contributed by atoms with Crippen molar-refractivity contribution >= 4 is 37.9 Å². The Kier molecular flexibility index (Phi) is 9.87. The number of nitrogens with zero attached hydrogens (tertiary/aromatic N) is 1. The Morgan fingerprint density at radius 3 is 2.05 bits per heavy atom. The van der Waals surface area contributed by atoms with Crippen LogP contribution in [0.5, 0.6) is 5.75 Å². The van der Waals surface area contributed by atoms with Crippen LogP contribution in [0.25, 0.3) is 0 Å². The molecule has 1 rings (SSSR count). The second-order valence-electron chi connectivity index (χ2n) is 3.06. The molecule has 0 unspecified atom stereocenters. The van der Waals surface area contributed by atoms with E-state index in [1.165, 1.54) is 0 Å². The quantitative estimate of drug-likeness (QED) is 0.230. The largest absolute Gasteiger partial charge is 1.00 e. The fraction of sp³-hybridized carbons (Fsp3) is 0. The van der Waals surface area contributed by atoms with E-state index in [-0.39, 0.29) is 62.0 Å². The molecule has 0 saturated heterocycles. The van der Waals surface area contributed by atoms with E-state index in [9.17, 15) is 26.3 Å². The molecule has 0 amide bonds. The molecule has 4 N–H and O–H groups in total. The van der Waals surface area contributed by atoms with Crippen molar-refractivity contribution < 1.29 is 97.4 Å². The molecule has 15 heteroatoms. The number of anilines is 1. The number of phenols is 1. The number of phenolic OH excluding ortho intramolecular Hbond substituents is 1. The molecule has 0 aliphatic heterocycles. The third-order valence-corrected chi connectivity index (χ3v) is 3.25. The van der Waals surface area contributed by atoms with Gasteiger partial charge in [0.2, 0.25) is 0 Å². The fourth-order valence-electron chi connectivity index (χ4n) is 1.01. The van der Waals surface area contributed by atoms with Gasteiger partial charge >= 0.3 is 79.7 Å². The average molecular weight is 385 g/mol. The standard InChI is InChI=1S/C6H6ClFN2O7S2.2Na.2H/c7-3-1-4(8)5(2-6(3)11)10(19(15,16)17)9-18(12,13)14;;;;/h1-2,9,11H,(H,12,13,14)(H,15,16,17);;;;/q;2*+1;2*-1. The summed E-state index contributed by atoms with van der Waals surface area (Å²) in [6.45, 7) is 0. The van der Waals surface area contributed by atoms with Crippen molar-refractivity contribution in [3.05, 3.63) is 23.0 Å². The van der Waals surface area contributed by atoms with Gasteiger partial charge in [0.1, 0.15) is 11.4 Å². The number of benzene rings is 1. The summed E-state index contributed by atoms with van der Waals surface area (Å²) in [5.74, 6) is -2.18. The minimum atomic E-state index is -5.31. The molecule has 0 aliphatic rings. The van der Waals surface area contributed by atoms with Crippen LogP contribution in [0.4, 0.5) is 10.1 Å². The van der Waals surface area contributed by atoms with E-state index in [0.29, 0.717) is 12.1 Å². The fourth-order valence-corrected chi connectivity index (χ4v) is 2.51. The summed E-state index contributed by atoms with van der Waals surface area (Å²) in [5.41, 5.74) is -1.11. The summed E-state index contributed by atoms with van der Waals surface area (Å²) in [4.78, 5) is 0.929. The van der Waals surface area contributed by atoms with Crippen LogP contribution in [0.1, 0.15) is 2.85 Å². The number of rotatable bonds is 4. The zero-order valence-electron chi connectivity index (χ0n) is 12.6. The van der Waals surface area contributed by atoms with Gasteiger partial charge in [-0.1, -0.05) is 16.4 Å². The van der Waals surface area contributed by atoms with Crippen molar-refractivity contribution in [2.24, 2.45) is 0 Å². The number of nitrogens with one attached hydrogen (secondary N) is 1. The molecule has 0 radical (unpaired) electrons. The van der Waals surface area contributed by atoms with E-state index in [1.54, 1.807) is 0 Å². The molecule has 0 saturated carbocycles. The Bertz CT molecular complexity index is 724. The van der Waals surface area contributed by atoms with E-state index in [1.807, 2.05) is 0 Å². The minimum Gasteiger partial charge on any atom is -1.00 e. The SMILES string of the molecule is O=S(=O)(O)NN(c1cc(O)c(Cl)cc1F)S(=O)(=O)O.[H-].[H-].[Na+].[Na+]. The van der Waals surface area contributed by atoms with Crippen molar-refractivity contribution in [3.63, 3.8) is 0 Å². The Hall–Kier alpha value is 0.820. The van der Waals surface area contributed by atoms with Gasteiger partial charge < -0.3 is 7.96 Å². The number of hydrogen-bond donors (Lipinski definition) is 4. The maximum Gasteiger partial charge on any atom is 1.00 e. The molecule has 0 bridgehead atoms. The van der Waals surface area contributed by atoms with Gasteiger partial charge in [0, 0.05) is 6.07 Å². The predicted molar refractivity (Wildman–Crippen MR) is 64.0 cm³/mol. The van der Waals surface area contributed by atoms with E-state index in [0.717, 1.165) is 4.83 Å². The van der Waals surface area contributed by atoms with Gasteiger partial charge in [0.25, 0.3) is 0 Å². The summed E-state index contributed by atoms with van der Waals surface area (Å²) in [6.07, 6.45) is 0. The predicted octanol–water partition coefficient (Wildman–Crippen LogP) is -5.67. The number of aromatic hydroxyl groups is 1. The van der Waals surface area contributed by atoms with Gasteiger partial charge in [-0.3, -0.25) is 9.11 Å². The second-order valence-corrected chi connectivity index (χ2v) is 5.86. The molecule has 0 heterocycles. The first kappa shape index (κ1) is 24.1. The molecular weight excluding hydrogens is 377 g/mol. The van der Waals surface area contributed by atoms with Gasteiger partial charge in [-0.2, -0.15) is 21.2 Å². The van der Waals surface area contributed by atoms with Gasteiger partial charge in [-0.05, 0) is 6.07 Å². The zero-order valence-corrected chi connectivity index (χ0v) is 17.0. The van der Waals surface area contributed by atoms with Crippen LogP contribution in [0, 0.1) is 5.82 Å². The van der Waals surface area contributed by atoms with Crippen LogP contribution in [0.15, 0.2) is 12.1 Å². The van der Waals surface area contributed by atoms with Crippen LogP contribution in [0.2, 0.25) is 5.02 Å². The van der Waals surface area contributed by atoms with E-state index >= 15 is 0 Å². The molecule has 0 spiro atoms. The van der Waals surface area contributed by atoms with Crippen LogP contribution < -0.4 is 68.4 Å². The molecule has 9 nitrogen and oxygen atoms in total. The number of hydrazine groups is 1. The minimum absolute atomic E-state index is 0. The molecule has 0 fully saturated rings. The zero-order chi connectivity index (χ0) is 15.0. The van der Waals surface area contributed by atoms with Crippen molar-refractivity contribution in [2.45, 2.75) is 0 Å². The Morgan fingerprint density at radius 2 is 1.67 bits per heavy atom. The van der Waals surface area contributed by atoms with Crippen LogP contribution in [0.3, 0.4) is 0 Å². The van der Waals surface area contributed by atoms with Crippen molar-refractivity contribution in [3.8, 4) is 5.75 Å². The summed E-state index contributed by atoms with van der Waals surface area (Å²) < 4.78 is 73.0. The van der Waals surface area contributed by atoms with E-state index < -0.39 is 47.3 Å². The third kappa shape index (κ3) is 7.28. The van der Waals surface area contributed by atoms with Gasteiger partial charge in [0.05, 0.1) is 5.02 Å². The first-order valence-electron chi connectivity index (χ1n) is 4.12. The molecule has 0 aromatic heterocycles. The maximum absolute atomic E-state index is 13.5. The van der Waals surface area contributed by atoms with Gasteiger partial charge in [0.15, 0.2) is 5.82 Å². The van der Waals surface area contributed by atoms with Gasteiger partial charge in [-0.25, -0.2) is 4.39 Å². The monoisotopic (exact) mass is 384 g/mol. The third-order valence-electron chi connectivity index (χ3n) is 1.66. The van der Waals surface area contributed by atoms with Crippen LogP contribution in [-0.4, -0.2) is 31.0 Å². The molecule has 1 aromatic carbocycles. The first-order valence-corrected chi connectivity index (χ1v) is 7.34. The first-order chi connectivity index (χ1) is 8.42. The van der Waals surface area contributed by atoms with Gasteiger partial charge in [-0.15, -0.1) is 0 Å². The molecule has 112 valence electrons. The van der Waals surface area contributed by atoms with Crippen LogP contribution in [-0.2, 0) is 20.6 Å². The summed E-state index contributed by atoms with van der Waals surface area (Å²) >= 11 is 5.33.